The fraction of sp³-hybridized carbons (Fsp3) is 0.458. The van der Waals surface area contributed by atoms with Crippen molar-refractivity contribution in [2.75, 3.05) is 26.2 Å². The molecule has 3 aromatic rings. The first-order chi connectivity index (χ1) is 15.7. The van der Waals surface area contributed by atoms with Gasteiger partial charge in [0.25, 0.3) is 0 Å². The Balaban J connectivity index is 1.51. The SMILES string of the molecule is Cc1occc1-c1nn(CN2CCN(C(=O)OC(C)(C)C)CC2)c(=S)n1Cc1ccccc1. The summed E-state index contributed by atoms with van der Waals surface area (Å²) in [6, 6.07) is 12.1. The molecule has 0 radical (unpaired) electrons. The van der Waals surface area contributed by atoms with Gasteiger partial charge >= 0.3 is 6.09 Å². The van der Waals surface area contributed by atoms with Crippen molar-refractivity contribution < 1.29 is 13.9 Å². The Hall–Kier alpha value is -2.91. The topological polar surface area (TPSA) is 68.7 Å². The van der Waals surface area contributed by atoms with Crippen LogP contribution in [-0.4, -0.2) is 62.0 Å². The normalized spacial score (nSPS) is 15.1. The van der Waals surface area contributed by atoms with Gasteiger partial charge in [0.1, 0.15) is 11.4 Å². The van der Waals surface area contributed by atoms with Crippen LogP contribution in [0.1, 0.15) is 32.1 Å². The monoisotopic (exact) mass is 469 g/mol. The van der Waals surface area contributed by atoms with E-state index in [1.807, 2.05) is 56.6 Å². The summed E-state index contributed by atoms with van der Waals surface area (Å²) >= 11 is 5.84. The van der Waals surface area contributed by atoms with Crippen LogP contribution in [0.3, 0.4) is 0 Å². The van der Waals surface area contributed by atoms with Crippen LogP contribution in [0.2, 0.25) is 0 Å². The second-order valence-electron chi connectivity index (χ2n) is 9.29. The molecule has 1 saturated heterocycles. The maximum absolute atomic E-state index is 12.4. The molecule has 4 rings (SSSR count). The lowest BCUT2D eigenvalue weighted by Gasteiger charge is -2.35. The molecule has 0 bridgehead atoms. The van der Waals surface area contributed by atoms with Crippen molar-refractivity contribution in [3.05, 3.63) is 58.8 Å². The number of aromatic nitrogens is 3. The number of ether oxygens (including phenoxy) is 1. The molecule has 1 amide bonds. The van der Waals surface area contributed by atoms with Gasteiger partial charge in [-0.2, -0.15) is 5.10 Å². The minimum atomic E-state index is -0.492. The third-order valence-corrected chi connectivity index (χ3v) is 6.00. The Bertz CT molecular complexity index is 1150. The van der Waals surface area contributed by atoms with Crippen LogP contribution in [-0.2, 0) is 18.0 Å². The van der Waals surface area contributed by atoms with E-state index in [1.165, 1.54) is 0 Å². The summed E-state index contributed by atoms with van der Waals surface area (Å²) in [5.74, 6) is 1.60. The number of nitrogens with zero attached hydrogens (tertiary/aromatic N) is 5. The third kappa shape index (κ3) is 5.54. The Labute approximate surface area is 199 Å². The van der Waals surface area contributed by atoms with Crippen molar-refractivity contribution in [2.24, 2.45) is 0 Å². The van der Waals surface area contributed by atoms with E-state index in [0.29, 0.717) is 31.1 Å². The second kappa shape index (κ2) is 9.52. The molecule has 1 aliphatic rings. The van der Waals surface area contributed by atoms with E-state index < -0.39 is 5.60 Å². The predicted octanol–water partition coefficient (Wildman–Crippen LogP) is 4.54. The van der Waals surface area contributed by atoms with E-state index in [9.17, 15) is 4.79 Å². The number of rotatable bonds is 5. The first-order valence-electron chi connectivity index (χ1n) is 11.2. The zero-order valence-corrected chi connectivity index (χ0v) is 20.5. The summed E-state index contributed by atoms with van der Waals surface area (Å²) in [5, 5.41) is 4.87. The van der Waals surface area contributed by atoms with Gasteiger partial charge in [-0.25, -0.2) is 9.48 Å². The van der Waals surface area contributed by atoms with Crippen LogP contribution in [0.15, 0.2) is 47.1 Å². The molecule has 0 atom stereocenters. The van der Waals surface area contributed by atoms with Gasteiger partial charge in [0.05, 0.1) is 25.0 Å². The molecule has 1 aromatic carbocycles. The molecule has 8 nitrogen and oxygen atoms in total. The molecule has 0 N–H and O–H groups in total. The van der Waals surface area contributed by atoms with Crippen LogP contribution in [0, 0.1) is 11.7 Å². The Kier molecular flexibility index (Phi) is 6.71. The van der Waals surface area contributed by atoms with Crippen LogP contribution in [0.4, 0.5) is 4.79 Å². The van der Waals surface area contributed by atoms with Gasteiger partial charge in [0.15, 0.2) is 10.6 Å². The molecule has 1 aliphatic heterocycles. The van der Waals surface area contributed by atoms with E-state index in [-0.39, 0.29) is 6.09 Å². The van der Waals surface area contributed by atoms with Crippen LogP contribution in [0.5, 0.6) is 0 Å². The van der Waals surface area contributed by atoms with Gasteiger partial charge in [-0.15, -0.1) is 0 Å². The number of aryl methyl sites for hydroxylation is 1. The molecular formula is C24H31N5O3S. The largest absolute Gasteiger partial charge is 0.469 e. The summed E-state index contributed by atoms with van der Waals surface area (Å²) in [4.78, 5) is 16.4. The average Bonchev–Trinajstić information content (AvgIpc) is 3.32. The van der Waals surface area contributed by atoms with Crippen LogP contribution in [0.25, 0.3) is 11.4 Å². The number of hydrogen-bond donors (Lipinski definition) is 0. The van der Waals surface area contributed by atoms with Gasteiger partial charge in [-0.1, -0.05) is 30.3 Å². The maximum Gasteiger partial charge on any atom is 0.410 e. The zero-order chi connectivity index (χ0) is 23.6. The summed E-state index contributed by atoms with van der Waals surface area (Å²) in [5.41, 5.74) is 1.60. The van der Waals surface area contributed by atoms with Crippen LogP contribution >= 0.6 is 12.2 Å². The van der Waals surface area contributed by atoms with Crippen molar-refractivity contribution in [2.45, 2.75) is 46.5 Å². The predicted molar refractivity (Wildman–Crippen MR) is 128 cm³/mol. The summed E-state index contributed by atoms with van der Waals surface area (Å²) in [6.07, 6.45) is 1.42. The number of carbonyl (C=O) groups is 1. The highest BCUT2D eigenvalue weighted by Crippen LogP contribution is 2.24. The van der Waals surface area contributed by atoms with Crippen molar-refractivity contribution in [1.82, 2.24) is 24.1 Å². The van der Waals surface area contributed by atoms with Crippen molar-refractivity contribution in [3.63, 3.8) is 0 Å². The molecule has 176 valence electrons. The molecule has 1 fully saturated rings. The van der Waals surface area contributed by atoms with E-state index in [0.717, 1.165) is 35.8 Å². The van der Waals surface area contributed by atoms with Gasteiger partial charge in [0, 0.05) is 26.2 Å². The van der Waals surface area contributed by atoms with E-state index in [4.69, 9.17) is 26.5 Å². The minimum absolute atomic E-state index is 0.261. The molecule has 0 unspecified atom stereocenters. The van der Waals surface area contributed by atoms with Gasteiger partial charge in [0.2, 0.25) is 0 Å². The van der Waals surface area contributed by atoms with E-state index >= 15 is 0 Å². The molecule has 9 heteroatoms. The number of amides is 1. The quantitative estimate of drug-likeness (QED) is 0.511. The Morgan fingerprint density at radius 2 is 1.82 bits per heavy atom. The number of carbonyl (C=O) groups excluding carboxylic acids is 1. The van der Waals surface area contributed by atoms with Crippen LogP contribution < -0.4 is 0 Å². The van der Waals surface area contributed by atoms with E-state index in [1.54, 1.807) is 11.2 Å². The molecule has 2 aromatic heterocycles. The summed E-state index contributed by atoms with van der Waals surface area (Å²) < 4.78 is 15.6. The van der Waals surface area contributed by atoms with Gasteiger partial charge in [-0.05, 0) is 51.5 Å². The average molecular weight is 470 g/mol. The highest BCUT2D eigenvalue weighted by atomic mass is 32.1. The Morgan fingerprint density at radius 1 is 1.12 bits per heavy atom. The van der Waals surface area contributed by atoms with Crippen molar-refractivity contribution in [1.29, 1.82) is 0 Å². The fourth-order valence-corrected chi connectivity index (χ4v) is 4.10. The Morgan fingerprint density at radius 3 is 2.42 bits per heavy atom. The third-order valence-electron chi connectivity index (χ3n) is 5.56. The van der Waals surface area contributed by atoms with Gasteiger partial charge < -0.3 is 14.1 Å². The summed E-state index contributed by atoms with van der Waals surface area (Å²) in [6.45, 7) is 11.5. The number of hydrogen-bond acceptors (Lipinski definition) is 6. The highest BCUT2D eigenvalue weighted by molar-refractivity contribution is 7.71. The zero-order valence-electron chi connectivity index (χ0n) is 19.7. The molecule has 0 aliphatic carbocycles. The second-order valence-corrected chi connectivity index (χ2v) is 9.66. The number of piperazine rings is 1. The molecular weight excluding hydrogens is 438 g/mol. The van der Waals surface area contributed by atoms with Gasteiger partial charge in [-0.3, -0.25) is 9.47 Å². The van der Waals surface area contributed by atoms with Crippen molar-refractivity contribution >= 4 is 18.3 Å². The smallest absolute Gasteiger partial charge is 0.410 e. The molecule has 33 heavy (non-hydrogen) atoms. The lowest BCUT2D eigenvalue weighted by molar-refractivity contribution is 0.0113. The standard InChI is InChI=1S/C24H31N5O3S/c1-18-20(10-15-31-18)21-25-29(22(33)28(21)16-19-8-6-5-7-9-19)17-26-11-13-27(14-12-26)23(30)32-24(2,3)4/h5-10,15H,11-14,16-17H2,1-4H3. The highest BCUT2D eigenvalue weighted by Gasteiger charge is 2.26. The fourth-order valence-electron chi connectivity index (χ4n) is 3.85. The number of benzene rings is 1. The minimum Gasteiger partial charge on any atom is -0.469 e. The first kappa shape index (κ1) is 23.3. The lowest BCUT2D eigenvalue weighted by atomic mass is 10.2. The van der Waals surface area contributed by atoms with Crippen molar-refractivity contribution in [3.8, 4) is 11.4 Å². The summed E-state index contributed by atoms with van der Waals surface area (Å²) in [7, 11) is 0. The first-order valence-corrected chi connectivity index (χ1v) is 11.6. The lowest BCUT2D eigenvalue weighted by Crippen LogP contribution is -2.50. The molecule has 3 heterocycles. The number of furan rings is 1. The maximum atomic E-state index is 12.4. The molecule has 0 spiro atoms. The van der Waals surface area contributed by atoms with E-state index in [2.05, 4.69) is 21.6 Å². The molecule has 0 saturated carbocycles.